The van der Waals surface area contributed by atoms with Gasteiger partial charge in [0, 0.05) is 12.1 Å². The van der Waals surface area contributed by atoms with Crippen LogP contribution in [0.15, 0.2) is 17.0 Å². The van der Waals surface area contributed by atoms with Crippen molar-refractivity contribution in [2.75, 3.05) is 6.54 Å². The summed E-state index contributed by atoms with van der Waals surface area (Å²) in [5, 5.41) is 16.0. The van der Waals surface area contributed by atoms with Gasteiger partial charge in [0.2, 0.25) is 0 Å². The third kappa shape index (κ3) is 3.30. The quantitative estimate of drug-likeness (QED) is 0.815. The van der Waals surface area contributed by atoms with E-state index in [2.05, 4.69) is 10.5 Å². The minimum absolute atomic E-state index is 0.182. The van der Waals surface area contributed by atoms with E-state index in [4.69, 9.17) is 9.63 Å². The van der Waals surface area contributed by atoms with Gasteiger partial charge >= 0.3 is 5.97 Å². The lowest BCUT2D eigenvalue weighted by Crippen LogP contribution is -2.34. The van der Waals surface area contributed by atoms with Gasteiger partial charge in [-0.1, -0.05) is 18.0 Å². The number of carboxylic acids is 1. The zero-order chi connectivity index (χ0) is 12.1. The third-order valence-electron chi connectivity index (χ3n) is 3.45. The first-order chi connectivity index (χ1) is 8.27. The van der Waals surface area contributed by atoms with Crippen molar-refractivity contribution in [1.29, 1.82) is 0 Å². The highest BCUT2D eigenvalue weighted by Gasteiger charge is 2.30. The second kappa shape index (κ2) is 5.82. The largest absolute Gasteiger partial charge is 0.481 e. The molecule has 1 fully saturated rings. The fraction of sp³-hybridized carbons (Fsp3) is 0.667. The average Bonchev–Trinajstić information content (AvgIpc) is 2.82. The van der Waals surface area contributed by atoms with E-state index in [1.54, 1.807) is 12.5 Å². The number of nitrogens with one attached hydrogen (secondary N) is 1. The van der Waals surface area contributed by atoms with Gasteiger partial charge in [0.05, 0.1) is 12.1 Å². The Labute approximate surface area is 100 Å². The molecule has 1 aliphatic carbocycles. The summed E-state index contributed by atoms with van der Waals surface area (Å²) in [5.41, 5.74) is 0.993. The zero-order valence-corrected chi connectivity index (χ0v) is 9.76. The molecule has 5 nitrogen and oxygen atoms in total. The van der Waals surface area contributed by atoms with Gasteiger partial charge < -0.3 is 14.9 Å². The van der Waals surface area contributed by atoms with Gasteiger partial charge in [0.25, 0.3) is 0 Å². The van der Waals surface area contributed by atoms with Gasteiger partial charge in [0.15, 0.2) is 0 Å². The van der Waals surface area contributed by atoms with E-state index >= 15 is 0 Å². The molecule has 5 heteroatoms. The molecule has 0 radical (unpaired) electrons. The number of rotatable bonds is 5. The molecular weight excluding hydrogens is 220 g/mol. The number of nitrogens with zero attached hydrogens (tertiary/aromatic N) is 1. The van der Waals surface area contributed by atoms with Gasteiger partial charge in [0.1, 0.15) is 6.26 Å². The first-order valence-corrected chi connectivity index (χ1v) is 6.09. The molecule has 2 unspecified atom stereocenters. The van der Waals surface area contributed by atoms with Crippen LogP contribution in [0.3, 0.4) is 0 Å². The second-order valence-electron chi connectivity index (χ2n) is 4.65. The normalized spacial score (nSPS) is 24.7. The second-order valence-corrected chi connectivity index (χ2v) is 4.65. The van der Waals surface area contributed by atoms with Crippen molar-refractivity contribution >= 4 is 5.97 Å². The molecule has 0 spiro atoms. The first-order valence-electron chi connectivity index (χ1n) is 6.09. The maximum Gasteiger partial charge on any atom is 0.306 e. The summed E-state index contributed by atoms with van der Waals surface area (Å²) in [6, 6.07) is 0. The summed E-state index contributed by atoms with van der Waals surface area (Å²) in [5.74, 6) is -0.582. The molecule has 2 atom stereocenters. The summed E-state index contributed by atoms with van der Waals surface area (Å²) in [6.07, 6.45) is 7.27. The maximum atomic E-state index is 11.1. The van der Waals surface area contributed by atoms with Crippen LogP contribution in [0.25, 0.3) is 0 Å². The van der Waals surface area contributed by atoms with Gasteiger partial charge in [-0.3, -0.25) is 4.79 Å². The SMILES string of the molecule is O=C(O)C1CCCCC1CNCc1cnoc1. The standard InChI is InChI=1S/C12H18N2O3/c15-12(16)11-4-2-1-3-10(11)7-13-5-9-6-14-17-8-9/h6,8,10-11,13H,1-5,7H2,(H,15,16). The average molecular weight is 238 g/mol. The number of aromatic nitrogens is 1. The number of carboxylic acid groups (broad SMARTS) is 1. The Morgan fingerprint density at radius 1 is 1.53 bits per heavy atom. The predicted molar refractivity (Wildman–Crippen MR) is 61.3 cm³/mol. The zero-order valence-electron chi connectivity index (χ0n) is 9.76. The van der Waals surface area contributed by atoms with Crippen LogP contribution in [-0.2, 0) is 11.3 Å². The maximum absolute atomic E-state index is 11.1. The Kier molecular flexibility index (Phi) is 4.14. The highest BCUT2D eigenvalue weighted by molar-refractivity contribution is 5.70. The lowest BCUT2D eigenvalue weighted by atomic mass is 9.79. The van der Waals surface area contributed by atoms with Gasteiger partial charge in [-0.25, -0.2) is 0 Å². The topological polar surface area (TPSA) is 75.4 Å². The lowest BCUT2D eigenvalue weighted by Gasteiger charge is -2.28. The van der Waals surface area contributed by atoms with Crippen LogP contribution in [0.2, 0.25) is 0 Å². The van der Waals surface area contributed by atoms with Crippen LogP contribution >= 0.6 is 0 Å². The summed E-state index contributed by atoms with van der Waals surface area (Å²) < 4.78 is 4.73. The van der Waals surface area contributed by atoms with E-state index in [0.717, 1.165) is 37.8 Å². The molecular formula is C12H18N2O3. The highest BCUT2D eigenvalue weighted by Crippen LogP contribution is 2.29. The van der Waals surface area contributed by atoms with Crippen LogP contribution in [0.1, 0.15) is 31.2 Å². The van der Waals surface area contributed by atoms with Gasteiger partial charge in [-0.2, -0.15) is 0 Å². The number of hydrogen-bond acceptors (Lipinski definition) is 4. The van der Waals surface area contributed by atoms with Crippen molar-refractivity contribution in [2.45, 2.75) is 32.2 Å². The van der Waals surface area contributed by atoms with E-state index in [1.807, 2.05) is 0 Å². The Hall–Kier alpha value is -1.36. The highest BCUT2D eigenvalue weighted by atomic mass is 16.5. The monoisotopic (exact) mass is 238 g/mol. The summed E-state index contributed by atoms with van der Waals surface area (Å²) in [6.45, 7) is 1.44. The molecule has 0 aliphatic heterocycles. The molecule has 17 heavy (non-hydrogen) atoms. The van der Waals surface area contributed by atoms with Crippen molar-refractivity contribution in [3.8, 4) is 0 Å². The predicted octanol–water partition coefficient (Wildman–Crippen LogP) is 1.66. The summed E-state index contributed by atoms with van der Waals surface area (Å²) in [7, 11) is 0. The van der Waals surface area contributed by atoms with Crippen LogP contribution in [0.4, 0.5) is 0 Å². The van der Waals surface area contributed by atoms with Crippen LogP contribution < -0.4 is 5.32 Å². The molecule has 1 aromatic rings. The number of aliphatic carboxylic acids is 1. The van der Waals surface area contributed by atoms with Crippen molar-refractivity contribution in [3.05, 3.63) is 18.0 Å². The minimum Gasteiger partial charge on any atom is -0.481 e. The molecule has 1 saturated carbocycles. The van der Waals surface area contributed by atoms with E-state index < -0.39 is 5.97 Å². The van der Waals surface area contributed by atoms with Gasteiger partial charge in [-0.05, 0) is 25.3 Å². The molecule has 94 valence electrons. The molecule has 0 saturated heterocycles. The van der Waals surface area contributed by atoms with Crippen molar-refractivity contribution in [3.63, 3.8) is 0 Å². The molecule has 1 aliphatic rings. The van der Waals surface area contributed by atoms with E-state index in [9.17, 15) is 4.79 Å². The fourth-order valence-electron chi connectivity index (χ4n) is 2.49. The van der Waals surface area contributed by atoms with Crippen molar-refractivity contribution in [1.82, 2.24) is 10.5 Å². The van der Waals surface area contributed by atoms with E-state index in [-0.39, 0.29) is 11.8 Å². The Balaban J connectivity index is 1.78. The molecule has 0 aromatic carbocycles. The van der Waals surface area contributed by atoms with Crippen molar-refractivity contribution in [2.24, 2.45) is 11.8 Å². The summed E-state index contributed by atoms with van der Waals surface area (Å²) in [4.78, 5) is 11.1. The van der Waals surface area contributed by atoms with Crippen LogP contribution in [-0.4, -0.2) is 22.8 Å². The number of carbonyl (C=O) groups is 1. The fourth-order valence-corrected chi connectivity index (χ4v) is 2.49. The van der Waals surface area contributed by atoms with Crippen LogP contribution in [0, 0.1) is 11.8 Å². The summed E-state index contributed by atoms with van der Waals surface area (Å²) >= 11 is 0. The Morgan fingerprint density at radius 2 is 2.35 bits per heavy atom. The molecule has 0 bridgehead atoms. The van der Waals surface area contributed by atoms with Crippen LogP contribution in [0.5, 0.6) is 0 Å². The van der Waals surface area contributed by atoms with E-state index in [1.165, 1.54) is 0 Å². The third-order valence-corrected chi connectivity index (χ3v) is 3.45. The first kappa shape index (κ1) is 12.1. The molecule has 2 rings (SSSR count). The van der Waals surface area contributed by atoms with E-state index in [0.29, 0.717) is 6.54 Å². The van der Waals surface area contributed by atoms with Crippen molar-refractivity contribution < 1.29 is 14.4 Å². The Morgan fingerprint density at radius 3 is 3.06 bits per heavy atom. The number of hydrogen-bond donors (Lipinski definition) is 2. The van der Waals surface area contributed by atoms with Gasteiger partial charge in [-0.15, -0.1) is 0 Å². The molecule has 2 N–H and O–H groups in total. The molecule has 0 amide bonds. The smallest absolute Gasteiger partial charge is 0.306 e. The lowest BCUT2D eigenvalue weighted by molar-refractivity contribution is -0.144. The molecule has 1 aromatic heterocycles. The Bertz CT molecular complexity index is 351. The molecule has 1 heterocycles. The minimum atomic E-state index is -0.651.